The molecule has 0 saturated carbocycles. The van der Waals surface area contributed by atoms with Crippen molar-refractivity contribution < 1.29 is 9.53 Å². The van der Waals surface area contributed by atoms with Crippen molar-refractivity contribution in [2.24, 2.45) is 5.92 Å². The fraction of sp³-hybridized carbons (Fsp3) is 0.273. The highest BCUT2D eigenvalue weighted by Crippen LogP contribution is 2.43. The molecule has 2 aromatic carbocycles. The molecule has 2 heterocycles. The average molecular weight is 396 g/mol. The molecule has 0 saturated heterocycles. The monoisotopic (exact) mass is 395 g/mol. The van der Waals surface area contributed by atoms with Crippen LogP contribution in [0, 0.1) is 5.92 Å². The molecule has 3 aromatic rings. The Morgan fingerprint density at radius 1 is 1.14 bits per heavy atom. The molecule has 0 bridgehead atoms. The van der Waals surface area contributed by atoms with Crippen molar-refractivity contribution in [3.63, 3.8) is 0 Å². The van der Waals surface area contributed by atoms with Crippen LogP contribution in [0.15, 0.2) is 48.5 Å². The van der Waals surface area contributed by atoms with Crippen molar-refractivity contribution in [1.82, 2.24) is 15.1 Å². The van der Waals surface area contributed by atoms with Crippen molar-refractivity contribution in [1.29, 1.82) is 0 Å². The van der Waals surface area contributed by atoms with Crippen LogP contribution in [0.25, 0.3) is 11.3 Å². The number of nitrogens with one attached hydrogen (secondary N) is 1. The minimum absolute atomic E-state index is 0.0177. The SMILES string of the molecule is COc1ccc(-c2n[nH]c3c2C(c2ccc(Cl)cc2)N(CC(C)C)C3=O)cc1. The number of aromatic nitrogens is 2. The molecule has 5 nitrogen and oxygen atoms in total. The van der Waals surface area contributed by atoms with Gasteiger partial charge in [0.1, 0.15) is 11.4 Å². The van der Waals surface area contributed by atoms with E-state index in [2.05, 4.69) is 24.0 Å². The summed E-state index contributed by atoms with van der Waals surface area (Å²) in [4.78, 5) is 15.1. The zero-order valence-electron chi connectivity index (χ0n) is 16.1. The molecule has 6 heteroatoms. The van der Waals surface area contributed by atoms with E-state index in [-0.39, 0.29) is 11.9 Å². The Kier molecular flexibility index (Phi) is 4.85. The van der Waals surface area contributed by atoms with Crippen molar-refractivity contribution in [2.75, 3.05) is 13.7 Å². The molecule has 1 aliphatic heterocycles. The first-order valence-corrected chi connectivity index (χ1v) is 9.66. The largest absolute Gasteiger partial charge is 0.497 e. The zero-order valence-corrected chi connectivity index (χ0v) is 16.8. The third-order valence-electron chi connectivity index (χ3n) is 4.97. The van der Waals surface area contributed by atoms with Crippen LogP contribution in [0.5, 0.6) is 5.75 Å². The Balaban J connectivity index is 1.85. The first kappa shape index (κ1) is 18.6. The maximum absolute atomic E-state index is 13.1. The van der Waals surface area contributed by atoms with Gasteiger partial charge in [-0.2, -0.15) is 5.10 Å². The highest BCUT2D eigenvalue weighted by atomic mass is 35.5. The fourth-order valence-corrected chi connectivity index (χ4v) is 3.86. The standard InChI is InChI=1S/C22H22ClN3O2/c1-13(2)12-26-21(15-4-8-16(23)9-5-15)18-19(24-25-20(18)22(26)27)14-6-10-17(28-3)11-7-14/h4-11,13,21H,12H2,1-3H3,(H,24,25). The highest BCUT2D eigenvalue weighted by Gasteiger charge is 2.42. The number of methoxy groups -OCH3 is 1. The molecule has 1 atom stereocenters. The van der Waals surface area contributed by atoms with Gasteiger partial charge in [-0.05, 0) is 47.9 Å². The van der Waals surface area contributed by atoms with E-state index in [9.17, 15) is 4.79 Å². The van der Waals surface area contributed by atoms with Crippen LogP contribution in [0.2, 0.25) is 5.02 Å². The van der Waals surface area contributed by atoms with Crippen LogP contribution in [0.4, 0.5) is 0 Å². The van der Waals surface area contributed by atoms with E-state index in [1.165, 1.54) is 0 Å². The van der Waals surface area contributed by atoms with Gasteiger partial charge < -0.3 is 9.64 Å². The van der Waals surface area contributed by atoms with Gasteiger partial charge >= 0.3 is 0 Å². The predicted molar refractivity (Wildman–Crippen MR) is 110 cm³/mol. The summed E-state index contributed by atoms with van der Waals surface area (Å²) >= 11 is 6.09. The molecule has 1 unspecified atom stereocenters. The van der Waals surface area contributed by atoms with Crippen LogP contribution in [-0.4, -0.2) is 34.7 Å². The lowest BCUT2D eigenvalue weighted by molar-refractivity contribution is 0.0722. The van der Waals surface area contributed by atoms with Gasteiger partial charge in [0.15, 0.2) is 0 Å². The molecule has 0 spiro atoms. The fourth-order valence-electron chi connectivity index (χ4n) is 3.74. The average Bonchev–Trinajstić information content (AvgIpc) is 3.22. The third kappa shape index (κ3) is 3.16. The van der Waals surface area contributed by atoms with E-state index in [4.69, 9.17) is 16.3 Å². The summed E-state index contributed by atoms with van der Waals surface area (Å²) in [6, 6.07) is 15.2. The molecule has 28 heavy (non-hydrogen) atoms. The van der Waals surface area contributed by atoms with Crippen LogP contribution in [0.3, 0.4) is 0 Å². The number of benzene rings is 2. The highest BCUT2D eigenvalue weighted by molar-refractivity contribution is 6.30. The zero-order chi connectivity index (χ0) is 19.8. The topological polar surface area (TPSA) is 58.2 Å². The minimum Gasteiger partial charge on any atom is -0.497 e. The number of halogens is 1. The van der Waals surface area contributed by atoms with Crippen molar-refractivity contribution >= 4 is 17.5 Å². The number of amides is 1. The summed E-state index contributed by atoms with van der Waals surface area (Å²) in [6.07, 6.45) is 0. The Bertz CT molecular complexity index is 994. The van der Waals surface area contributed by atoms with Gasteiger partial charge in [0.25, 0.3) is 5.91 Å². The van der Waals surface area contributed by atoms with Gasteiger partial charge in [0, 0.05) is 22.7 Å². The first-order chi connectivity index (χ1) is 13.5. The van der Waals surface area contributed by atoms with E-state index in [1.54, 1.807) is 7.11 Å². The van der Waals surface area contributed by atoms with E-state index in [0.717, 1.165) is 28.1 Å². The lowest BCUT2D eigenvalue weighted by Crippen LogP contribution is -2.32. The van der Waals surface area contributed by atoms with Gasteiger partial charge in [-0.3, -0.25) is 9.89 Å². The van der Waals surface area contributed by atoms with E-state index in [0.29, 0.717) is 23.2 Å². The van der Waals surface area contributed by atoms with Gasteiger partial charge in [0.05, 0.1) is 18.8 Å². The molecule has 1 amide bonds. The Hall–Kier alpha value is -2.79. The summed E-state index contributed by atoms with van der Waals surface area (Å²) in [7, 11) is 1.64. The molecule has 1 aromatic heterocycles. The molecular formula is C22H22ClN3O2. The molecule has 0 radical (unpaired) electrons. The maximum Gasteiger partial charge on any atom is 0.273 e. The number of nitrogens with zero attached hydrogens (tertiary/aromatic N) is 2. The lowest BCUT2D eigenvalue weighted by atomic mass is 9.95. The first-order valence-electron chi connectivity index (χ1n) is 9.28. The number of fused-ring (bicyclic) bond motifs is 1. The number of rotatable bonds is 5. The maximum atomic E-state index is 13.1. The second-order valence-electron chi connectivity index (χ2n) is 7.39. The van der Waals surface area contributed by atoms with Crippen LogP contribution in [0.1, 0.15) is 41.5 Å². The van der Waals surface area contributed by atoms with Crippen LogP contribution >= 0.6 is 11.6 Å². The number of carbonyl (C=O) groups excluding carboxylic acids is 1. The molecule has 0 fully saturated rings. The minimum atomic E-state index is -0.196. The van der Waals surface area contributed by atoms with Crippen molar-refractivity contribution in [3.05, 3.63) is 70.4 Å². The Labute approximate surface area is 169 Å². The van der Waals surface area contributed by atoms with E-state index < -0.39 is 0 Å². The number of hydrogen-bond donors (Lipinski definition) is 1. The normalized spacial score (nSPS) is 16.0. The third-order valence-corrected chi connectivity index (χ3v) is 5.23. The molecule has 0 aliphatic carbocycles. The molecule has 1 aliphatic rings. The molecule has 144 valence electrons. The number of aromatic amines is 1. The van der Waals surface area contributed by atoms with E-state index >= 15 is 0 Å². The number of carbonyl (C=O) groups is 1. The molecule has 4 rings (SSSR count). The van der Waals surface area contributed by atoms with E-state index in [1.807, 2.05) is 53.4 Å². The molecule has 1 N–H and O–H groups in total. The second-order valence-corrected chi connectivity index (χ2v) is 7.83. The van der Waals surface area contributed by atoms with Crippen molar-refractivity contribution in [2.45, 2.75) is 19.9 Å². The Morgan fingerprint density at radius 2 is 1.82 bits per heavy atom. The number of H-pyrrole nitrogens is 1. The summed E-state index contributed by atoms with van der Waals surface area (Å²) in [6.45, 7) is 4.89. The van der Waals surface area contributed by atoms with Crippen LogP contribution < -0.4 is 4.74 Å². The summed E-state index contributed by atoms with van der Waals surface area (Å²) < 4.78 is 5.26. The van der Waals surface area contributed by atoms with Gasteiger partial charge in [-0.15, -0.1) is 0 Å². The summed E-state index contributed by atoms with van der Waals surface area (Å²) in [5, 5.41) is 8.13. The smallest absolute Gasteiger partial charge is 0.273 e. The second kappa shape index (κ2) is 7.32. The molecular weight excluding hydrogens is 374 g/mol. The van der Waals surface area contributed by atoms with Crippen molar-refractivity contribution in [3.8, 4) is 17.0 Å². The quantitative estimate of drug-likeness (QED) is 0.665. The Morgan fingerprint density at radius 3 is 2.43 bits per heavy atom. The summed E-state index contributed by atoms with van der Waals surface area (Å²) in [5.41, 5.74) is 4.23. The van der Waals surface area contributed by atoms with Gasteiger partial charge in [-0.25, -0.2) is 0 Å². The lowest BCUT2D eigenvalue weighted by Gasteiger charge is -2.28. The number of hydrogen-bond acceptors (Lipinski definition) is 3. The van der Waals surface area contributed by atoms with Gasteiger partial charge in [0.2, 0.25) is 0 Å². The predicted octanol–water partition coefficient (Wildman–Crippen LogP) is 4.94. The summed E-state index contributed by atoms with van der Waals surface area (Å²) in [5.74, 6) is 1.11. The number of ether oxygens (including phenoxy) is 1. The van der Waals surface area contributed by atoms with Gasteiger partial charge in [-0.1, -0.05) is 37.6 Å². The van der Waals surface area contributed by atoms with Crippen LogP contribution in [-0.2, 0) is 0 Å².